The highest BCUT2D eigenvalue weighted by molar-refractivity contribution is 5.77. The minimum atomic E-state index is 0.290. The summed E-state index contributed by atoms with van der Waals surface area (Å²) in [7, 11) is 0. The molecule has 4 nitrogen and oxygen atoms in total. The van der Waals surface area contributed by atoms with Crippen molar-refractivity contribution < 1.29 is 5.11 Å². The summed E-state index contributed by atoms with van der Waals surface area (Å²) in [5.41, 5.74) is 2.12. The molecule has 0 aliphatic carbocycles. The lowest BCUT2D eigenvalue weighted by Gasteiger charge is -2.32. The van der Waals surface area contributed by atoms with Crippen LogP contribution in [0, 0.1) is 5.92 Å². The molecule has 3 rings (SSSR count). The van der Waals surface area contributed by atoms with E-state index in [0.29, 0.717) is 12.5 Å². The van der Waals surface area contributed by atoms with Crippen LogP contribution in [0.3, 0.4) is 0 Å². The van der Waals surface area contributed by atoms with Crippen molar-refractivity contribution >= 4 is 17.0 Å². The number of H-pyrrole nitrogens is 1. The maximum atomic E-state index is 9.05. The zero-order chi connectivity index (χ0) is 12.4. The van der Waals surface area contributed by atoms with Gasteiger partial charge < -0.3 is 15.0 Å². The van der Waals surface area contributed by atoms with Gasteiger partial charge in [-0.3, -0.25) is 0 Å². The second kappa shape index (κ2) is 4.98. The van der Waals surface area contributed by atoms with E-state index in [1.165, 1.54) is 12.8 Å². The summed E-state index contributed by atoms with van der Waals surface area (Å²) in [6.07, 6.45) is 3.30. The molecule has 1 aromatic carbocycles. The molecule has 1 atom stereocenters. The summed E-state index contributed by atoms with van der Waals surface area (Å²) in [6.45, 7) is 2.35. The number of nitrogens with one attached hydrogen (secondary N) is 1. The molecular weight excluding hydrogens is 226 g/mol. The summed E-state index contributed by atoms with van der Waals surface area (Å²) < 4.78 is 0. The topological polar surface area (TPSA) is 52.1 Å². The second-order valence-corrected chi connectivity index (χ2v) is 5.04. The van der Waals surface area contributed by atoms with Crippen LogP contribution in [0.4, 0.5) is 5.95 Å². The Bertz CT molecular complexity index is 487. The van der Waals surface area contributed by atoms with Crippen LogP contribution in [0.1, 0.15) is 19.3 Å². The number of aliphatic hydroxyl groups is 1. The third-order valence-corrected chi connectivity index (χ3v) is 3.73. The largest absolute Gasteiger partial charge is 0.396 e. The Morgan fingerprint density at radius 3 is 3.11 bits per heavy atom. The number of para-hydroxylation sites is 2. The summed E-state index contributed by atoms with van der Waals surface area (Å²) >= 11 is 0. The van der Waals surface area contributed by atoms with E-state index in [1.807, 2.05) is 18.2 Å². The molecule has 0 radical (unpaired) electrons. The van der Waals surface area contributed by atoms with E-state index >= 15 is 0 Å². The first-order valence-electron chi connectivity index (χ1n) is 6.67. The Morgan fingerprint density at radius 2 is 2.28 bits per heavy atom. The molecule has 2 aromatic rings. The van der Waals surface area contributed by atoms with Gasteiger partial charge in [0.2, 0.25) is 5.95 Å². The average molecular weight is 245 g/mol. The third-order valence-electron chi connectivity index (χ3n) is 3.73. The van der Waals surface area contributed by atoms with E-state index in [0.717, 1.165) is 36.5 Å². The molecule has 2 N–H and O–H groups in total. The average Bonchev–Trinajstić information content (AvgIpc) is 2.83. The zero-order valence-corrected chi connectivity index (χ0v) is 10.5. The Labute approximate surface area is 107 Å². The molecule has 0 saturated carbocycles. The number of benzene rings is 1. The Hall–Kier alpha value is -1.55. The molecule has 4 heteroatoms. The number of hydrogen-bond donors (Lipinski definition) is 2. The molecule has 1 aliphatic heterocycles. The van der Waals surface area contributed by atoms with Crippen LogP contribution in [0.5, 0.6) is 0 Å². The van der Waals surface area contributed by atoms with Crippen molar-refractivity contribution in [1.82, 2.24) is 9.97 Å². The first-order chi connectivity index (χ1) is 8.86. The molecular formula is C14H19N3O. The number of imidazole rings is 1. The van der Waals surface area contributed by atoms with Crippen LogP contribution in [0.25, 0.3) is 11.0 Å². The summed E-state index contributed by atoms with van der Waals surface area (Å²) in [5, 5.41) is 9.05. The Balaban J connectivity index is 1.80. The van der Waals surface area contributed by atoms with Crippen molar-refractivity contribution in [1.29, 1.82) is 0 Å². The molecule has 1 unspecified atom stereocenters. The number of anilines is 1. The molecule has 96 valence electrons. The first-order valence-corrected chi connectivity index (χ1v) is 6.67. The smallest absolute Gasteiger partial charge is 0.203 e. The fraction of sp³-hybridized carbons (Fsp3) is 0.500. The second-order valence-electron chi connectivity index (χ2n) is 5.04. The van der Waals surface area contributed by atoms with Crippen LogP contribution >= 0.6 is 0 Å². The SMILES string of the molecule is OCCC1CCCN(c2nc3ccccc3[nH]2)C1. The molecule has 0 amide bonds. The standard InChI is InChI=1S/C14H19N3O/c18-9-7-11-4-3-8-17(10-11)14-15-12-5-1-2-6-13(12)16-14/h1-2,5-6,11,18H,3-4,7-10H2,(H,15,16). The summed E-state index contributed by atoms with van der Waals surface area (Å²) in [5.74, 6) is 1.57. The van der Waals surface area contributed by atoms with Gasteiger partial charge in [-0.1, -0.05) is 12.1 Å². The van der Waals surface area contributed by atoms with Crippen LogP contribution in [0.15, 0.2) is 24.3 Å². The molecule has 1 aromatic heterocycles. The van der Waals surface area contributed by atoms with Crippen LogP contribution in [-0.2, 0) is 0 Å². The molecule has 1 fully saturated rings. The van der Waals surface area contributed by atoms with E-state index in [1.54, 1.807) is 0 Å². The van der Waals surface area contributed by atoms with Gasteiger partial charge in [0, 0.05) is 19.7 Å². The van der Waals surface area contributed by atoms with E-state index in [9.17, 15) is 0 Å². The highest BCUT2D eigenvalue weighted by atomic mass is 16.3. The number of piperidine rings is 1. The van der Waals surface area contributed by atoms with Gasteiger partial charge in [-0.2, -0.15) is 0 Å². The monoisotopic (exact) mass is 245 g/mol. The number of aromatic nitrogens is 2. The van der Waals surface area contributed by atoms with Crippen molar-refractivity contribution in [2.75, 3.05) is 24.6 Å². The number of hydrogen-bond acceptors (Lipinski definition) is 3. The predicted molar refractivity (Wildman–Crippen MR) is 72.7 cm³/mol. The molecule has 18 heavy (non-hydrogen) atoms. The number of fused-ring (bicyclic) bond motifs is 1. The lowest BCUT2D eigenvalue weighted by atomic mass is 9.95. The van der Waals surface area contributed by atoms with Crippen LogP contribution in [0.2, 0.25) is 0 Å². The first kappa shape index (κ1) is 11.5. The highest BCUT2D eigenvalue weighted by Gasteiger charge is 2.21. The number of nitrogens with zero attached hydrogens (tertiary/aromatic N) is 2. The van der Waals surface area contributed by atoms with Crippen molar-refractivity contribution in [3.05, 3.63) is 24.3 Å². The van der Waals surface area contributed by atoms with E-state index in [4.69, 9.17) is 5.11 Å². The number of rotatable bonds is 3. The van der Waals surface area contributed by atoms with Crippen LogP contribution in [-0.4, -0.2) is 34.8 Å². The Kier molecular flexibility index (Phi) is 3.19. The van der Waals surface area contributed by atoms with Gasteiger partial charge >= 0.3 is 0 Å². The molecule has 0 bridgehead atoms. The normalized spacial score (nSPS) is 20.5. The fourth-order valence-corrected chi connectivity index (χ4v) is 2.76. The molecule has 1 aliphatic rings. The minimum Gasteiger partial charge on any atom is -0.396 e. The molecule has 0 spiro atoms. The summed E-state index contributed by atoms with van der Waals surface area (Å²) in [4.78, 5) is 10.3. The summed E-state index contributed by atoms with van der Waals surface area (Å²) in [6, 6.07) is 8.12. The van der Waals surface area contributed by atoms with Gasteiger partial charge in [0.25, 0.3) is 0 Å². The zero-order valence-electron chi connectivity index (χ0n) is 10.5. The highest BCUT2D eigenvalue weighted by Crippen LogP contribution is 2.24. The van der Waals surface area contributed by atoms with Crippen molar-refractivity contribution in [2.45, 2.75) is 19.3 Å². The maximum absolute atomic E-state index is 9.05. The number of aromatic amines is 1. The van der Waals surface area contributed by atoms with E-state index < -0.39 is 0 Å². The van der Waals surface area contributed by atoms with Gasteiger partial charge in [0.15, 0.2) is 0 Å². The third kappa shape index (κ3) is 2.20. The maximum Gasteiger partial charge on any atom is 0.203 e. The van der Waals surface area contributed by atoms with Gasteiger partial charge in [0.1, 0.15) is 0 Å². The lowest BCUT2D eigenvalue weighted by Crippen LogP contribution is -2.36. The van der Waals surface area contributed by atoms with Crippen molar-refractivity contribution in [2.24, 2.45) is 5.92 Å². The predicted octanol–water partition coefficient (Wildman–Crippen LogP) is 2.16. The Morgan fingerprint density at radius 1 is 1.39 bits per heavy atom. The van der Waals surface area contributed by atoms with E-state index in [2.05, 4.69) is 20.9 Å². The molecule has 1 saturated heterocycles. The lowest BCUT2D eigenvalue weighted by molar-refractivity contribution is 0.244. The quantitative estimate of drug-likeness (QED) is 0.871. The van der Waals surface area contributed by atoms with Gasteiger partial charge in [-0.25, -0.2) is 4.98 Å². The van der Waals surface area contributed by atoms with E-state index in [-0.39, 0.29) is 0 Å². The number of aliphatic hydroxyl groups excluding tert-OH is 1. The fourth-order valence-electron chi connectivity index (χ4n) is 2.76. The molecule has 2 heterocycles. The van der Waals surface area contributed by atoms with Gasteiger partial charge in [0.05, 0.1) is 11.0 Å². The van der Waals surface area contributed by atoms with Crippen molar-refractivity contribution in [3.63, 3.8) is 0 Å². The van der Waals surface area contributed by atoms with Gasteiger partial charge in [-0.05, 0) is 37.3 Å². The minimum absolute atomic E-state index is 0.290. The van der Waals surface area contributed by atoms with Crippen LogP contribution < -0.4 is 4.90 Å². The van der Waals surface area contributed by atoms with Gasteiger partial charge in [-0.15, -0.1) is 0 Å². The van der Waals surface area contributed by atoms with Crippen molar-refractivity contribution in [3.8, 4) is 0 Å².